The lowest BCUT2D eigenvalue weighted by Crippen LogP contribution is -1.93. The minimum Gasteiger partial charge on any atom is -0.457 e. The first-order chi connectivity index (χ1) is 9.40. The van der Waals surface area contributed by atoms with Crippen LogP contribution in [-0.2, 0) is 16.0 Å². The van der Waals surface area contributed by atoms with Crippen molar-refractivity contribution in [3.63, 3.8) is 0 Å². The molecule has 1 radical (unpaired) electrons. The van der Waals surface area contributed by atoms with E-state index in [-0.39, 0.29) is 0 Å². The van der Waals surface area contributed by atoms with Crippen molar-refractivity contribution in [2.45, 2.75) is 19.3 Å². The molecule has 0 amide bonds. The van der Waals surface area contributed by atoms with Gasteiger partial charge in [0.15, 0.2) is 0 Å². The van der Waals surface area contributed by atoms with Crippen LogP contribution < -0.4 is 0 Å². The summed E-state index contributed by atoms with van der Waals surface area (Å²) in [6.07, 6.45) is 2.92. The number of hydrogen-bond donors (Lipinski definition) is 0. The first-order valence-electron chi connectivity index (χ1n) is 6.53. The maximum Gasteiger partial charge on any atom is 0.417 e. The summed E-state index contributed by atoms with van der Waals surface area (Å²) in [5.41, 5.74) is 3.79. The van der Waals surface area contributed by atoms with Crippen LogP contribution in [0.1, 0.15) is 18.4 Å². The summed E-state index contributed by atoms with van der Waals surface area (Å²) in [6.45, 7) is 1.91. The molecule has 0 aromatic heterocycles. The second-order valence-electron chi connectivity index (χ2n) is 4.45. The van der Waals surface area contributed by atoms with Crippen LogP contribution in [0.4, 0.5) is 0 Å². The number of benzene rings is 2. The van der Waals surface area contributed by atoms with Gasteiger partial charge in [0.05, 0.1) is 6.61 Å². The maximum atomic E-state index is 9.86. The van der Waals surface area contributed by atoms with Crippen molar-refractivity contribution in [3.8, 4) is 11.1 Å². The molecule has 0 aliphatic heterocycles. The third-order valence-corrected chi connectivity index (χ3v) is 3.08. The first-order valence-corrected chi connectivity index (χ1v) is 6.53. The Morgan fingerprint density at radius 3 is 2.21 bits per heavy atom. The summed E-state index contributed by atoms with van der Waals surface area (Å²) in [4.78, 5) is 9.86. The van der Waals surface area contributed by atoms with Gasteiger partial charge >= 0.3 is 6.47 Å². The third kappa shape index (κ3) is 4.25. The molecule has 2 nitrogen and oxygen atoms in total. The highest BCUT2D eigenvalue weighted by Gasteiger charge is 1.98. The van der Waals surface area contributed by atoms with Crippen LogP contribution in [0.3, 0.4) is 0 Å². The summed E-state index contributed by atoms with van der Waals surface area (Å²) in [7, 11) is 0. The van der Waals surface area contributed by atoms with Gasteiger partial charge in [-0.05, 0) is 36.0 Å². The van der Waals surface area contributed by atoms with Crippen molar-refractivity contribution in [2.24, 2.45) is 0 Å². The molecule has 2 aromatic rings. The molecule has 0 saturated carbocycles. The highest BCUT2D eigenvalue weighted by atomic mass is 16.5. The highest BCUT2D eigenvalue weighted by Crippen LogP contribution is 2.19. The Morgan fingerprint density at radius 1 is 0.842 bits per heavy atom. The molecule has 2 rings (SSSR count). The van der Waals surface area contributed by atoms with E-state index < -0.39 is 0 Å². The van der Waals surface area contributed by atoms with Gasteiger partial charge in [0.25, 0.3) is 0 Å². The van der Waals surface area contributed by atoms with E-state index in [1.54, 1.807) is 0 Å². The summed E-state index contributed by atoms with van der Waals surface area (Å²) < 4.78 is 4.54. The van der Waals surface area contributed by atoms with E-state index in [1.165, 1.54) is 23.2 Å². The number of carbonyl (C=O) groups excluding carboxylic acids is 1. The van der Waals surface area contributed by atoms with Gasteiger partial charge in [-0.15, -0.1) is 0 Å². The number of rotatable bonds is 7. The predicted molar refractivity (Wildman–Crippen MR) is 76.5 cm³/mol. The van der Waals surface area contributed by atoms with E-state index in [1.807, 2.05) is 18.2 Å². The van der Waals surface area contributed by atoms with E-state index in [2.05, 4.69) is 41.1 Å². The Kier molecular flexibility index (Phi) is 5.17. The largest absolute Gasteiger partial charge is 0.457 e. The zero-order chi connectivity index (χ0) is 13.3. The Balaban J connectivity index is 1.87. The second-order valence-corrected chi connectivity index (χ2v) is 4.45. The molecule has 97 valence electrons. The fourth-order valence-electron chi connectivity index (χ4n) is 2.04. The lowest BCUT2D eigenvalue weighted by Gasteiger charge is -2.04. The van der Waals surface area contributed by atoms with Gasteiger partial charge in [0, 0.05) is 0 Å². The van der Waals surface area contributed by atoms with Gasteiger partial charge in [-0.25, -0.2) is 4.79 Å². The van der Waals surface area contributed by atoms with Gasteiger partial charge in [0.1, 0.15) is 0 Å². The third-order valence-electron chi connectivity index (χ3n) is 3.08. The van der Waals surface area contributed by atoms with Crippen LogP contribution in [0.5, 0.6) is 0 Å². The molecule has 19 heavy (non-hydrogen) atoms. The Bertz CT molecular complexity index is 488. The SMILES string of the molecule is O=[C]OCCCCc1ccc(-c2ccccc2)cc1. The molecule has 0 atom stereocenters. The number of aryl methyl sites for hydroxylation is 1. The van der Waals surface area contributed by atoms with Crippen LogP contribution in [0.25, 0.3) is 11.1 Å². The van der Waals surface area contributed by atoms with Gasteiger partial charge in [0.2, 0.25) is 0 Å². The second kappa shape index (κ2) is 7.37. The summed E-state index contributed by atoms with van der Waals surface area (Å²) in [6, 6.07) is 19.0. The molecule has 2 aromatic carbocycles. The van der Waals surface area contributed by atoms with Crippen LogP contribution in [0, 0.1) is 0 Å². The van der Waals surface area contributed by atoms with Crippen molar-refractivity contribution in [1.82, 2.24) is 0 Å². The minimum atomic E-state index is 0.464. The predicted octanol–water partition coefficient (Wildman–Crippen LogP) is 3.76. The van der Waals surface area contributed by atoms with Crippen molar-refractivity contribution in [2.75, 3.05) is 6.61 Å². The smallest absolute Gasteiger partial charge is 0.417 e. The Hall–Kier alpha value is -2.09. The molecule has 0 fully saturated rings. The van der Waals surface area contributed by atoms with Crippen molar-refractivity contribution < 1.29 is 9.53 Å². The highest BCUT2D eigenvalue weighted by molar-refractivity contribution is 5.63. The fourth-order valence-corrected chi connectivity index (χ4v) is 2.04. The number of ether oxygens (including phenoxy) is 1. The quantitative estimate of drug-likeness (QED) is 0.702. The minimum absolute atomic E-state index is 0.464. The topological polar surface area (TPSA) is 26.3 Å². The van der Waals surface area contributed by atoms with Gasteiger partial charge < -0.3 is 4.74 Å². The molecule has 0 heterocycles. The normalized spacial score (nSPS) is 10.1. The molecule has 2 heteroatoms. The summed E-state index contributed by atoms with van der Waals surface area (Å²) in [5, 5.41) is 0. The van der Waals surface area contributed by atoms with Gasteiger partial charge in [-0.2, -0.15) is 0 Å². The lowest BCUT2D eigenvalue weighted by atomic mass is 10.0. The Morgan fingerprint density at radius 2 is 1.53 bits per heavy atom. The average molecular weight is 253 g/mol. The first kappa shape index (κ1) is 13.3. The molecule has 0 aliphatic rings. The molecule has 0 N–H and O–H groups in total. The Labute approximate surface area is 114 Å². The molecule has 0 saturated heterocycles. The van der Waals surface area contributed by atoms with E-state index in [4.69, 9.17) is 0 Å². The fraction of sp³-hybridized carbons (Fsp3) is 0.235. The van der Waals surface area contributed by atoms with Gasteiger partial charge in [-0.3, -0.25) is 0 Å². The zero-order valence-corrected chi connectivity index (χ0v) is 10.8. The number of hydrogen-bond acceptors (Lipinski definition) is 2. The van der Waals surface area contributed by atoms with Crippen molar-refractivity contribution >= 4 is 6.47 Å². The molecule has 0 bridgehead atoms. The van der Waals surface area contributed by atoms with E-state index >= 15 is 0 Å². The van der Waals surface area contributed by atoms with Crippen LogP contribution in [0.2, 0.25) is 0 Å². The van der Waals surface area contributed by atoms with E-state index in [9.17, 15) is 4.79 Å². The number of unbranched alkanes of at least 4 members (excludes halogenated alkanes) is 1. The van der Waals surface area contributed by atoms with E-state index in [0.29, 0.717) is 6.61 Å². The average Bonchev–Trinajstić information content (AvgIpc) is 2.49. The van der Waals surface area contributed by atoms with Crippen LogP contribution >= 0.6 is 0 Å². The molecule has 0 spiro atoms. The lowest BCUT2D eigenvalue weighted by molar-refractivity contribution is 0.270. The van der Waals surface area contributed by atoms with Gasteiger partial charge in [-0.1, -0.05) is 54.6 Å². The van der Waals surface area contributed by atoms with Crippen LogP contribution in [-0.4, -0.2) is 13.1 Å². The zero-order valence-electron chi connectivity index (χ0n) is 10.8. The van der Waals surface area contributed by atoms with Crippen molar-refractivity contribution in [1.29, 1.82) is 0 Å². The molecular formula is C17H17O2. The monoisotopic (exact) mass is 253 g/mol. The maximum absolute atomic E-state index is 9.86. The standard InChI is InChI=1S/C17H17O2/c18-14-19-13-5-4-6-15-9-11-17(12-10-15)16-7-2-1-3-8-16/h1-3,7-12H,4-6,13H2. The van der Waals surface area contributed by atoms with E-state index in [0.717, 1.165) is 19.3 Å². The van der Waals surface area contributed by atoms with Crippen molar-refractivity contribution in [3.05, 3.63) is 60.2 Å². The summed E-state index contributed by atoms with van der Waals surface area (Å²) in [5.74, 6) is 0. The molecule has 0 unspecified atom stereocenters. The molecular weight excluding hydrogens is 236 g/mol. The molecule has 0 aliphatic carbocycles. The summed E-state index contributed by atoms with van der Waals surface area (Å²) >= 11 is 0. The van der Waals surface area contributed by atoms with Crippen LogP contribution in [0.15, 0.2) is 54.6 Å².